The lowest BCUT2D eigenvalue weighted by atomic mass is 10.0. The van der Waals surface area contributed by atoms with Crippen LogP contribution in [0.5, 0.6) is 11.9 Å². The molecule has 0 bridgehead atoms. The maximum atomic E-state index is 11.1. The van der Waals surface area contributed by atoms with E-state index in [0.29, 0.717) is 38.0 Å². The van der Waals surface area contributed by atoms with Crippen molar-refractivity contribution in [3.8, 4) is 11.9 Å². The Bertz CT molecular complexity index is 620. The molecule has 11 heteroatoms. The first-order valence-corrected chi connectivity index (χ1v) is 10.4. The van der Waals surface area contributed by atoms with E-state index in [4.69, 9.17) is 40.3 Å². The van der Waals surface area contributed by atoms with Crippen molar-refractivity contribution < 1.29 is 33.3 Å². The second kappa shape index (κ2) is 10.4. The molecule has 0 fully saturated rings. The van der Waals surface area contributed by atoms with E-state index in [2.05, 4.69) is 9.97 Å². The number of unbranched alkanes of at least 4 members (excludes halogenated alkanes) is 1. The molecule has 1 rings (SSSR count). The van der Waals surface area contributed by atoms with Crippen molar-refractivity contribution in [2.45, 2.75) is 38.9 Å². The zero-order chi connectivity index (χ0) is 19.8. The summed E-state index contributed by atoms with van der Waals surface area (Å²) in [6.45, 7) is 4.22. The molecule has 0 saturated heterocycles. The van der Waals surface area contributed by atoms with Gasteiger partial charge in [0.2, 0.25) is 11.7 Å². The van der Waals surface area contributed by atoms with Gasteiger partial charge in [0.05, 0.1) is 14.2 Å². The number of hydrogen-bond acceptors (Lipinski definition) is 7. The van der Waals surface area contributed by atoms with Gasteiger partial charge in [-0.05, 0) is 26.7 Å². The molecule has 9 nitrogen and oxygen atoms in total. The Morgan fingerprint density at radius 1 is 1.08 bits per heavy atom. The molecule has 2 N–H and O–H groups in total. The summed E-state index contributed by atoms with van der Waals surface area (Å²) in [5, 5.41) is 0.0607. The standard InChI is InChI=1S/C15H26ClN2O7P/c1-5-24-15(25-6-2,9-7-8-10-26(19,20)21)11-12(16)17-14(23-4)18-13(11)22-3/h5-10H2,1-4H3,(H2,19,20,21). The number of rotatable bonds is 12. The van der Waals surface area contributed by atoms with Crippen molar-refractivity contribution in [3.63, 3.8) is 0 Å². The van der Waals surface area contributed by atoms with Gasteiger partial charge in [-0.1, -0.05) is 11.6 Å². The Balaban J connectivity index is 3.25. The van der Waals surface area contributed by atoms with Gasteiger partial charge >= 0.3 is 13.6 Å². The lowest BCUT2D eigenvalue weighted by molar-refractivity contribution is -0.248. The summed E-state index contributed by atoms with van der Waals surface area (Å²) < 4.78 is 33.2. The van der Waals surface area contributed by atoms with Crippen LogP contribution in [-0.2, 0) is 19.8 Å². The van der Waals surface area contributed by atoms with E-state index >= 15 is 0 Å². The lowest BCUT2D eigenvalue weighted by Gasteiger charge is -2.34. The van der Waals surface area contributed by atoms with Gasteiger partial charge in [-0.25, -0.2) is 0 Å². The maximum absolute atomic E-state index is 11.1. The molecule has 150 valence electrons. The van der Waals surface area contributed by atoms with Crippen LogP contribution in [0.4, 0.5) is 0 Å². The van der Waals surface area contributed by atoms with E-state index in [0.717, 1.165) is 0 Å². The number of nitrogens with zero attached hydrogens (tertiary/aromatic N) is 2. The van der Waals surface area contributed by atoms with Crippen molar-refractivity contribution in [2.75, 3.05) is 33.6 Å². The first-order valence-electron chi connectivity index (χ1n) is 8.21. The highest BCUT2D eigenvalue weighted by Gasteiger charge is 2.40. The van der Waals surface area contributed by atoms with E-state index in [9.17, 15) is 4.57 Å². The molecule has 0 unspecified atom stereocenters. The molecule has 0 atom stereocenters. The molecule has 26 heavy (non-hydrogen) atoms. The van der Waals surface area contributed by atoms with Crippen LogP contribution < -0.4 is 9.47 Å². The van der Waals surface area contributed by atoms with Gasteiger partial charge in [0.15, 0.2) is 0 Å². The average molecular weight is 413 g/mol. The summed E-state index contributed by atoms with van der Waals surface area (Å²) in [7, 11) is -1.22. The molecule has 0 spiro atoms. The molecule has 0 radical (unpaired) electrons. The molecule has 0 aliphatic heterocycles. The fraction of sp³-hybridized carbons (Fsp3) is 0.733. The topological polar surface area (TPSA) is 120 Å². The number of ether oxygens (including phenoxy) is 4. The minimum Gasteiger partial charge on any atom is -0.480 e. The van der Waals surface area contributed by atoms with Gasteiger partial charge in [-0.3, -0.25) is 4.57 Å². The molecule has 1 heterocycles. The third kappa shape index (κ3) is 6.33. The molecule has 0 aromatic carbocycles. The fourth-order valence-electron chi connectivity index (χ4n) is 2.55. The number of methoxy groups -OCH3 is 2. The van der Waals surface area contributed by atoms with Crippen molar-refractivity contribution in [1.82, 2.24) is 9.97 Å². The minimum atomic E-state index is -4.06. The average Bonchev–Trinajstić information content (AvgIpc) is 2.57. The van der Waals surface area contributed by atoms with Crippen LogP contribution in [0.25, 0.3) is 0 Å². The van der Waals surface area contributed by atoms with Crippen molar-refractivity contribution >= 4 is 19.2 Å². The first-order chi connectivity index (χ1) is 12.2. The normalized spacial score (nSPS) is 12.3. The van der Waals surface area contributed by atoms with E-state index in [1.165, 1.54) is 14.2 Å². The fourth-order valence-corrected chi connectivity index (χ4v) is 3.48. The summed E-state index contributed by atoms with van der Waals surface area (Å²) in [5.74, 6) is -1.15. The quantitative estimate of drug-likeness (QED) is 0.231. The van der Waals surface area contributed by atoms with Gasteiger partial charge in [-0.15, -0.1) is 0 Å². The minimum absolute atomic E-state index is 0.0407. The maximum Gasteiger partial charge on any atom is 0.325 e. The van der Waals surface area contributed by atoms with Gasteiger partial charge in [0.25, 0.3) is 0 Å². The largest absolute Gasteiger partial charge is 0.480 e. The van der Waals surface area contributed by atoms with Gasteiger partial charge in [0.1, 0.15) is 10.7 Å². The molecule has 0 aliphatic carbocycles. The van der Waals surface area contributed by atoms with Crippen molar-refractivity contribution in [3.05, 3.63) is 10.7 Å². The monoisotopic (exact) mass is 412 g/mol. The van der Waals surface area contributed by atoms with Crippen LogP contribution in [0.2, 0.25) is 5.15 Å². The van der Waals surface area contributed by atoms with Gasteiger partial charge < -0.3 is 28.7 Å². The molecule has 1 aromatic rings. The summed E-state index contributed by atoms with van der Waals surface area (Å²) in [6.07, 6.45) is 0.797. The summed E-state index contributed by atoms with van der Waals surface area (Å²) in [4.78, 5) is 26.3. The van der Waals surface area contributed by atoms with Crippen molar-refractivity contribution in [1.29, 1.82) is 0 Å². The van der Waals surface area contributed by atoms with E-state index in [1.54, 1.807) is 13.8 Å². The summed E-state index contributed by atoms with van der Waals surface area (Å²) >= 11 is 6.34. The first kappa shape index (κ1) is 23.1. The van der Waals surface area contributed by atoms with Crippen molar-refractivity contribution in [2.24, 2.45) is 0 Å². The number of aromatic nitrogens is 2. The van der Waals surface area contributed by atoms with Crippen LogP contribution in [0.3, 0.4) is 0 Å². The number of hydrogen-bond donors (Lipinski definition) is 2. The Hall–Kier alpha value is -0.960. The summed E-state index contributed by atoms with van der Waals surface area (Å²) in [6, 6.07) is 0.0407. The van der Waals surface area contributed by atoms with E-state index < -0.39 is 13.4 Å². The van der Waals surface area contributed by atoms with Gasteiger partial charge in [0, 0.05) is 25.8 Å². The second-order valence-corrected chi connectivity index (χ2v) is 7.48. The second-order valence-electron chi connectivity index (χ2n) is 5.35. The molecule has 0 amide bonds. The highest BCUT2D eigenvalue weighted by molar-refractivity contribution is 7.51. The molecule has 0 aliphatic rings. The molecule has 1 aromatic heterocycles. The highest BCUT2D eigenvalue weighted by atomic mass is 35.5. The third-order valence-electron chi connectivity index (χ3n) is 3.53. The van der Waals surface area contributed by atoms with Crippen LogP contribution in [0.1, 0.15) is 38.7 Å². The Labute approximate surface area is 158 Å². The van der Waals surface area contributed by atoms with E-state index in [-0.39, 0.29) is 23.2 Å². The molecule has 0 saturated carbocycles. The predicted octanol–water partition coefficient (Wildman–Crippen LogP) is 2.72. The Morgan fingerprint density at radius 2 is 1.69 bits per heavy atom. The van der Waals surface area contributed by atoms with E-state index in [1.807, 2.05) is 0 Å². The Morgan fingerprint density at radius 3 is 2.15 bits per heavy atom. The smallest absolute Gasteiger partial charge is 0.325 e. The zero-order valence-electron chi connectivity index (χ0n) is 15.4. The Kier molecular flexibility index (Phi) is 9.23. The number of halogens is 1. The SMILES string of the molecule is CCOC(CCCCP(=O)(O)O)(OCC)c1c(Cl)nc(OC)nc1OC. The van der Waals surface area contributed by atoms with Crippen LogP contribution in [-0.4, -0.2) is 53.4 Å². The van der Waals surface area contributed by atoms with Crippen LogP contribution in [0, 0.1) is 0 Å². The molecular formula is C15H26ClN2O7P. The van der Waals surface area contributed by atoms with Crippen LogP contribution in [0.15, 0.2) is 0 Å². The lowest BCUT2D eigenvalue weighted by Crippen LogP contribution is -2.35. The zero-order valence-corrected chi connectivity index (χ0v) is 17.0. The third-order valence-corrected chi connectivity index (χ3v) is 4.70. The molecular weight excluding hydrogens is 387 g/mol. The van der Waals surface area contributed by atoms with Gasteiger partial charge in [-0.2, -0.15) is 9.97 Å². The summed E-state index contributed by atoms with van der Waals surface area (Å²) in [5.41, 5.74) is 0.322. The highest BCUT2D eigenvalue weighted by Crippen LogP contribution is 2.43. The van der Waals surface area contributed by atoms with Crippen LogP contribution >= 0.6 is 19.2 Å². The predicted molar refractivity (Wildman–Crippen MR) is 95.8 cm³/mol.